The molecule has 0 bridgehead atoms. The van der Waals surface area contributed by atoms with Crippen LogP contribution in [-0.4, -0.2) is 68.8 Å². The molecule has 4 atom stereocenters. The molecule has 0 aromatic heterocycles. The summed E-state index contributed by atoms with van der Waals surface area (Å²) >= 11 is 0. The second-order valence-corrected chi connectivity index (χ2v) is 5.04. The number of hydrogen-bond donors (Lipinski definition) is 6. The van der Waals surface area contributed by atoms with Gasteiger partial charge in [0.1, 0.15) is 29.8 Å². The molecule has 122 valence electrons. The van der Waals surface area contributed by atoms with Crippen molar-refractivity contribution in [1.82, 2.24) is 4.90 Å². The molecule has 22 heavy (non-hydrogen) atoms. The zero-order chi connectivity index (χ0) is 16.3. The predicted molar refractivity (Wildman–Crippen MR) is 77.6 cm³/mol. The average molecular weight is 312 g/mol. The van der Waals surface area contributed by atoms with Gasteiger partial charge in [0.2, 0.25) is 6.35 Å². The third-order valence-electron chi connectivity index (χ3n) is 3.30. The van der Waals surface area contributed by atoms with Crippen LogP contribution in [0.3, 0.4) is 0 Å². The van der Waals surface area contributed by atoms with Crippen LogP contribution < -0.4 is 5.32 Å². The molecule has 0 spiro atoms. The van der Waals surface area contributed by atoms with Crippen LogP contribution in [0.15, 0.2) is 36.2 Å². The number of nitrogens with one attached hydrogen (secondary N) is 1. The summed E-state index contributed by atoms with van der Waals surface area (Å²) in [5, 5.41) is 50.1. The van der Waals surface area contributed by atoms with Gasteiger partial charge in [-0.25, -0.2) is 0 Å². The molecule has 6 N–H and O–H groups in total. The Hall–Kier alpha value is -2.00. The summed E-state index contributed by atoms with van der Waals surface area (Å²) in [6, 6.07) is 6.35. The maximum Gasteiger partial charge on any atom is 0.250 e. The Morgan fingerprint density at radius 3 is 2.45 bits per heavy atom. The molecular formula is C14H20N2O6. The standard InChI is InChI=1S/C14H20N2O6/c1-16-6-11(13(21)12(20)10(19)7-17)22-14(16)15-8-2-4-9(18)5-3-8/h2-6,10,12-15,17-21H,7H2,1H3. The Labute approximate surface area is 127 Å². The monoisotopic (exact) mass is 312 g/mol. The van der Waals surface area contributed by atoms with Gasteiger partial charge >= 0.3 is 0 Å². The largest absolute Gasteiger partial charge is 0.508 e. The third-order valence-corrected chi connectivity index (χ3v) is 3.30. The molecule has 8 heteroatoms. The van der Waals surface area contributed by atoms with E-state index in [1.807, 2.05) is 0 Å². The van der Waals surface area contributed by atoms with Gasteiger partial charge in [-0.1, -0.05) is 0 Å². The molecule has 1 aliphatic rings. The molecule has 1 aliphatic heterocycles. The van der Waals surface area contributed by atoms with E-state index in [0.29, 0.717) is 5.69 Å². The normalized spacial score (nSPS) is 21.8. The number of aliphatic hydroxyl groups excluding tert-OH is 4. The van der Waals surface area contributed by atoms with E-state index in [1.165, 1.54) is 18.3 Å². The van der Waals surface area contributed by atoms with Crippen LogP contribution in [0.4, 0.5) is 5.69 Å². The third kappa shape index (κ3) is 3.60. The summed E-state index contributed by atoms with van der Waals surface area (Å²) < 4.78 is 5.50. The van der Waals surface area contributed by atoms with Crippen molar-refractivity contribution >= 4 is 5.69 Å². The number of aromatic hydroxyl groups is 1. The topological polar surface area (TPSA) is 126 Å². The molecule has 0 aliphatic carbocycles. The van der Waals surface area contributed by atoms with Gasteiger partial charge < -0.3 is 40.5 Å². The Morgan fingerprint density at radius 1 is 1.23 bits per heavy atom. The van der Waals surface area contributed by atoms with E-state index in [1.54, 1.807) is 24.1 Å². The summed E-state index contributed by atoms with van der Waals surface area (Å²) in [5.41, 5.74) is 0.690. The average Bonchev–Trinajstić information content (AvgIpc) is 2.88. The summed E-state index contributed by atoms with van der Waals surface area (Å²) in [6.07, 6.45) is -3.62. The zero-order valence-corrected chi connectivity index (χ0v) is 12.0. The lowest BCUT2D eigenvalue weighted by molar-refractivity contribution is -0.0823. The zero-order valence-electron chi connectivity index (χ0n) is 12.0. The fourth-order valence-electron chi connectivity index (χ4n) is 1.98. The van der Waals surface area contributed by atoms with Crippen molar-refractivity contribution in [1.29, 1.82) is 0 Å². The van der Waals surface area contributed by atoms with Gasteiger partial charge in [-0.2, -0.15) is 0 Å². The van der Waals surface area contributed by atoms with Gasteiger partial charge in [-0.05, 0) is 24.3 Å². The molecule has 0 saturated carbocycles. The van der Waals surface area contributed by atoms with Crippen molar-refractivity contribution < 1.29 is 30.3 Å². The van der Waals surface area contributed by atoms with Gasteiger partial charge in [0.25, 0.3) is 0 Å². The maximum absolute atomic E-state index is 9.96. The van der Waals surface area contributed by atoms with E-state index in [2.05, 4.69) is 5.32 Å². The van der Waals surface area contributed by atoms with Crippen LogP contribution in [0.1, 0.15) is 0 Å². The highest BCUT2D eigenvalue weighted by Gasteiger charge is 2.34. The quantitative estimate of drug-likeness (QED) is 0.368. The van der Waals surface area contributed by atoms with Gasteiger partial charge in [-0.3, -0.25) is 0 Å². The molecule has 0 radical (unpaired) electrons. The Morgan fingerprint density at radius 2 is 1.86 bits per heavy atom. The second kappa shape index (κ2) is 6.84. The van der Waals surface area contributed by atoms with Crippen molar-refractivity contribution in [2.75, 3.05) is 19.0 Å². The molecule has 1 heterocycles. The molecule has 0 amide bonds. The number of nitrogens with zero attached hydrogens (tertiary/aromatic N) is 1. The minimum absolute atomic E-state index is 0.0683. The first-order valence-corrected chi connectivity index (χ1v) is 6.73. The first-order chi connectivity index (χ1) is 10.4. The first kappa shape index (κ1) is 16.4. The lowest BCUT2D eigenvalue weighted by atomic mass is 10.1. The molecule has 1 aromatic carbocycles. The number of hydrogen-bond acceptors (Lipinski definition) is 8. The highest BCUT2D eigenvalue weighted by molar-refractivity contribution is 5.46. The van der Waals surface area contributed by atoms with Crippen molar-refractivity contribution in [3.05, 3.63) is 36.2 Å². The fourth-order valence-corrected chi connectivity index (χ4v) is 1.98. The van der Waals surface area contributed by atoms with E-state index < -0.39 is 31.3 Å². The SMILES string of the molecule is CN1C=C(C(O)C(O)C(O)CO)OC1Nc1ccc(O)cc1. The fraction of sp³-hybridized carbons (Fsp3) is 0.429. The second-order valence-electron chi connectivity index (χ2n) is 5.04. The van der Waals surface area contributed by atoms with E-state index >= 15 is 0 Å². The number of phenols is 1. The lowest BCUT2D eigenvalue weighted by Gasteiger charge is -2.24. The first-order valence-electron chi connectivity index (χ1n) is 6.73. The summed E-state index contributed by atoms with van der Waals surface area (Å²) in [4.78, 5) is 1.63. The Balaban J connectivity index is 1.98. The molecule has 8 nitrogen and oxygen atoms in total. The van der Waals surface area contributed by atoms with E-state index in [4.69, 9.17) is 9.84 Å². The maximum atomic E-state index is 9.96. The number of rotatable bonds is 6. The van der Waals surface area contributed by atoms with Crippen LogP contribution in [-0.2, 0) is 4.74 Å². The van der Waals surface area contributed by atoms with Crippen LogP contribution >= 0.6 is 0 Å². The Kier molecular flexibility index (Phi) is 5.09. The van der Waals surface area contributed by atoms with Gasteiger partial charge in [0.15, 0.2) is 0 Å². The highest BCUT2D eigenvalue weighted by atomic mass is 16.5. The highest BCUT2D eigenvalue weighted by Crippen LogP contribution is 2.24. The number of anilines is 1. The van der Waals surface area contributed by atoms with Gasteiger partial charge in [-0.15, -0.1) is 0 Å². The molecule has 0 fully saturated rings. The van der Waals surface area contributed by atoms with Crippen LogP contribution in [0.2, 0.25) is 0 Å². The lowest BCUT2D eigenvalue weighted by Crippen LogP contribution is -2.41. The van der Waals surface area contributed by atoms with E-state index in [0.717, 1.165) is 0 Å². The number of ether oxygens (including phenoxy) is 1. The summed E-state index contributed by atoms with van der Waals surface area (Å²) in [6.45, 7) is -0.670. The number of aliphatic hydroxyl groups is 4. The van der Waals surface area contributed by atoms with Gasteiger partial charge in [0.05, 0.1) is 6.61 Å². The molecule has 4 unspecified atom stereocenters. The predicted octanol–water partition coefficient (Wildman–Crippen LogP) is -1.03. The van der Waals surface area contributed by atoms with Crippen LogP contribution in [0.25, 0.3) is 0 Å². The molecule has 2 rings (SSSR count). The summed E-state index contributed by atoms with van der Waals surface area (Å²) in [7, 11) is 1.70. The van der Waals surface area contributed by atoms with Gasteiger partial charge in [0, 0.05) is 18.9 Å². The Bertz CT molecular complexity index is 521. The van der Waals surface area contributed by atoms with Crippen molar-refractivity contribution in [3.8, 4) is 5.75 Å². The van der Waals surface area contributed by atoms with Crippen LogP contribution in [0.5, 0.6) is 5.75 Å². The molecule has 0 saturated heterocycles. The smallest absolute Gasteiger partial charge is 0.250 e. The summed E-state index contributed by atoms with van der Waals surface area (Å²) in [5.74, 6) is 0.209. The number of phenolic OH excluding ortho intramolecular Hbond substituents is 1. The molecule has 1 aromatic rings. The van der Waals surface area contributed by atoms with Crippen molar-refractivity contribution in [2.24, 2.45) is 0 Å². The van der Waals surface area contributed by atoms with Crippen molar-refractivity contribution in [3.63, 3.8) is 0 Å². The van der Waals surface area contributed by atoms with E-state index in [-0.39, 0.29) is 11.5 Å². The van der Waals surface area contributed by atoms with Crippen LogP contribution in [0, 0.1) is 0 Å². The number of benzene rings is 1. The molecular weight excluding hydrogens is 292 g/mol. The van der Waals surface area contributed by atoms with Crippen molar-refractivity contribution in [2.45, 2.75) is 24.7 Å². The minimum atomic E-state index is -1.56. The minimum Gasteiger partial charge on any atom is -0.508 e. The van der Waals surface area contributed by atoms with E-state index in [9.17, 15) is 20.4 Å².